The Morgan fingerprint density at radius 1 is 1.77 bits per heavy atom. The number of rotatable bonds is 3. The topological polar surface area (TPSA) is 36.7 Å². The van der Waals surface area contributed by atoms with Gasteiger partial charge in [0.05, 0.1) is 21.5 Å². The van der Waals surface area contributed by atoms with Crippen molar-refractivity contribution >= 4 is 28.0 Å². The molecular weight excluding hydrogens is 204 g/mol. The van der Waals surface area contributed by atoms with E-state index in [1.807, 2.05) is 6.92 Å². The molecule has 0 fully saturated rings. The smallest absolute Gasteiger partial charge is 0.0963 e. The molecule has 0 aliphatic heterocycles. The zero-order valence-corrected chi connectivity index (χ0v) is 8.82. The highest BCUT2D eigenvalue weighted by Gasteiger charge is 2.06. The van der Waals surface area contributed by atoms with E-state index in [-0.39, 0.29) is 0 Å². The molecule has 0 amide bonds. The summed E-state index contributed by atoms with van der Waals surface area (Å²) in [6.07, 6.45) is 3.34. The number of allylic oxidation sites excluding steroid dienone is 1. The maximum Gasteiger partial charge on any atom is 0.0963 e. The van der Waals surface area contributed by atoms with Crippen LogP contribution in [-0.4, -0.2) is 4.98 Å². The van der Waals surface area contributed by atoms with E-state index in [0.29, 0.717) is 10.6 Å². The maximum absolute atomic E-state index is 8.82. The Morgan fingerprint density at radius 2 is 2.54 bits per heavy atom. The predicted molar refractivity (Wildman–Crippen MR) is 55.4 cm³/mol. The van der Waals surface area contributed by atoms with Gasteiger partial charge in [-0.05, 0) is 6.42 Å². The molecule has 0 radical (unpaired) electrons. The molecule has 0 aromatic carbocycles. The normalized spacial score (nSPS) is 12.1. The van der Waals surface area contributed by atoms with Crippen LogP contribution in [-0.2, 0) is 0 Å². The molecule has 0 spiro atoms. The number of hydrogen-bond donors (Lipinski definition) is 0. The maximum atomic E-state index is 8.82. The van der Waals surface area contributed by atoms with Crippen LogP contribution in [0.2, 0.25) is 0 Å². The van der Waals surface area contributed by atoms with Crippen molar-refractivity contribution in [2.75, 3.05) is 0 Å². The van der Waals surface area contributed by atoms with Crippen LogP contribution in [0.4, 0.5) is 0 Å². The fourth-order valence-electron chi connectivity index (χ4n) is 0.938. The highest BCUT2D eigenvalue weighted by atomic mass is 35.5. The van der Waals surface area contributed by atoms with Crippen molar-refractivity contribution < 1.29 is 0 Å². The Kier molecular flexibility index (Phi) is 3.94. The second-order valence-electron chi connectivity index (χ2n) is 2.52. The molecule has 0 bridgehead atoms. The third-order valence-corrected chi connectivity index (χ3v) is 2.88. The third-order valence-electron chi connectivity index (χ3n) is 1.55. The zero-order chi connectivity index (χ0) is 9.68. The van der Waals surface area contributed by atoms with Crippen molar-refractivity contribution in [2.45, 2.75) is 19.8 Å². The van der Waals surface area contributed by atoms with E-state index >= 15 is 0 Å². The van der Waals surface area contributed by atoms with Crippen LogP contribution in [0.3, 0.4) is 0 Å². The second-order valence-corrected chi connectivity index (χ2v) is 3.78. The largest absolute Gasteiger partial charge is 0.252 e. The van der Waals surface area contributed by atoms with Gasteiger partial charge in [-0.1, -0.05) is 24.9 Å². The van der Waals surface area contributed by atoms with E-state index < -0.39 is 0 Å². The van der Waals surface area contributed by atoms with Gasteiger partial charge in [-0.3, -0.25) is 4.98 Å². The number of thiazole rings is 1. The van der Waals surface area contributed by atoms with Crippen LogP contribution in [0, 0.1) is 11.3 Å². The number of nitriles is 1. The molecule has 1 aromatic rings. The number of aromatic nitrogens is 1. The lowest BCUT2D eigenvalue weighted by Crippen LogP contribution is -1.81. The number of nitrogens with zero attached hydrogens (tertiary/aromatic N) is 2. The summed E-state index contributed by atoms with van der Waals surface area (Å²) in [5.41, 5.74) is 2.35. The first-order chi connectivity index (χ1) is 6.29. The van der Waals surface area contributed by atoms with E-state index in [4.69, 9.17) is 16.9 Å². The monoisotopic (exact) mass is 212 g/mol. The SMILES string of the molecule is CCCC(C#N)=C(Cl)c1cncs1. The highest BCUT2D eigenvalue weighted by molar-refractivity contribution is 7.11. The van der Waals surface area contributed by atoms with Gasteiger partial charge in [-0.15, -0.1) is 11.3 Å². The molecule has 0 N–H and O–H groups in total. The summed E-state index contributed by atoms with van der Waals surface area (Å²) < 4.78 is 0. The molecule has 0 saturated heterocycles. The molecule has 13 heavy (non-hydrogen) atoms. The summed E-state index contributed by atoms with van der Waals surface area (Å²) in [5.74, 6) is 0. The molecule has 68 valence electrons. The van der Waals surface area contributed by atoms with Gasteiger partial charge >= 0.3 is 0 Å². The third kappa shape index (κ3) is 2.55. The summed E-state index contributed by atoms with van der Waals surface area (Å²) in [7, 11) is 0. The molecule has 2 nitrogen and oxygen atoms in total. The minimum atomic E-state index is 0.548. The van der Waals surface area contributed by atoms with Gasteiger partial charge in [0, 0.05) is 11.8 Å². The Balaban J connectivity index is 2.96. The molecule has 1 aromatic heterocycles. The summed E-state index contributed by atoms with van der Waals surface area (Å²) in [6, 6.07) is 2.12. The van der Waals surface area contributed by atoms with Crippen molar-refractivity contribution in [3.05, 3.63) is 22.2 Å². The van der Waals surface area contributed by atoms with E-state index in [1.54, 1.807) is 11.7 Å². The Labute approximate surface area is 86.5 Å². The van der Waals surface area contributed by atoms with Crippen LogP contribution in [0.15, 0.2) is 17.3 Å². The van der Waals surface area contributed by atoms with Gasteiger partial charge < -0.3 is 0 Å². The molecule has 1 rings (SSSR count). The Bertz CT molecular complexity index is 335. The lowest BCUT2D eigenvalue weighted by atomic mass is 10.1. The first kappa shape index (κ1) is 10.2. The molecule has 4 heteroatoms. The van der Waals surface area contributed by atoms with Crippen molar-refractivity contribution in [1.29, 1.82) is 5.26 Å². The van der Waals surface area contributed by atoms with Gasteiger partial charge in [0.25, 0.3) is 0 Å². The van der Waals surface area contributed by atoms with Gasteiger partial charge in [0.1, 0.15) is 0 Å². The van der Waals surface area contributed by atoms with Crippen molar-refractivity contribution in [1.82, 2.24) is 4.98 Å². The van der Waals surface area contributed by atoms with Crippen LogP contribution >= 0.6 is 22.9 Å². The number of hydrogen-bond acceptors (Lipinski definition) is 3. The Morgan fingerprint density at radius 3 is 3.00 bits per heavy atom. The van der Waals surface area contributed by atoms with Crippen molar-refractivity contribution in [2.24, 2.45) is 0 Å². The first-order valence-corrected chi connectivity index (χ1v) is 5.23. The summed E-state index contributed by atoms with van der Waals surface area (Å²) in [6.45, 7) is 2.02. The highest BCUT2D eigenvalue weighted by Crippen LogP contribution is 2.27. The quantitative estimate of drug-likeness (QED) is 0.720. The van der Waals surface area contributed by atoms with Crippen molar-refractivity contribution in [3.63, 3.8) is 0 Å². The van der Waals surface area contributed by atoms with E-state index in [0.717, 1.165) is 17.7 Å². The molecule has 1 heterocycles. The lowest BCUT2D eigenvalue weighted by molar-refractivity contribution is 0.933. The molecule has 0 saturated carbocycles. The predicted octanol–water partition coefficient (Wildman–Crippen LogP) is 3.42. The van der Waals surface area contributed by atoms with Gasteiger partial charge in [0.2, 0.25) is 0 Å². The minimum absolute atomic E-state index is 0.548. The fraction of sp³-hybridized carbons (Fsp3) is 0.333. The van der Waals surface area contributed by atoms with Gasteiger partial charge in [-0.2, -0.15) is 5.26 Å². The van der Waals surface area contributed by atoms with Crippen LogP contribution < -0.4 is 0 Å². The Hall–Kier alpha value is -0.850. The van der Waals surface area contributed by atoms with Gasteiger partial charge in [0.15, 0.2) is 0 Å². The summed E-state index contributed by atoms with van der Waals surface area (Å²) >= 11 is 7.47. The minimum Gasteiger partial charge on any atom is -0.252 e. The first-order valence-electron chi connectivity index (χ1n) is 3.97. The van der Waals surface area contributed by atoms with E-state index in [9.17, 15) is 0 Å². The summed E-state index contributed by atoms with van der Waals surface area (Å²) in [4.78, 5) is 4.78. The molecule has 0 unspecified atom stereocenters. The zero-order valence-electron chi connectivity index (χ0n) is 7.25. The molecule has 0 aliphatic rings. The van der Waals surface area contributed by atoms with E-state index in [1.165, 1.54) is 11.3 Å². The van der Waals surface area contributed by atoms with Gasteiger partial charge in [-0.25, -0.2) is 0 Å². The van der Waals surface area contributed by atoms with Crippen molar-refractivity contribution in [3.8, 4) is 6.07 Å². The molecular formula is C9H9ClN2S. The van der Waals surface area contributed by atoms with Crippen LogP contribution in [0.5, 0.6) is 0 Å². The summed E-state index contributed by atoms with van der Waals surface area (Å²) in [5, 5.41) is 9.37. The average Bonchev–Trinajstić information content (AvgIpc) is 2.65. The average molecular weight is 213 g/mol. The lowest BCUT2D eigenvalue weighted by Gasteiger charge is -1.97. The van der Waals surface area contributed by atoms with Crippen LogP contribution in [0.25, 0.3) is 5.03 Å². The molecule has 0 aliphatic carbocycles. The second kappa shape index (κ2) is 5.00. The standard InChI is InChI=1S/C9H9ClN2S/c1-2-3-7(4-11)9(10)8-5-12-6-13-8/h5-6H,2-3H2,1H3. The number of halogens is 1. The van der Waals surface area contributed by atoms with E-state index in [2.05, 4.69) is 11.1 Å². The molecule has 0 atom stereocenters. The fourth-order valence-corrected chi connectivity index (χ4v) is 1.84. The van der Waals surface area contributed by atoms with Crippen LogP contribution in [0.1, 0.15) is 24.6 Å².